The number of aldehydes is 1. The predicted octanol–water partition coefficient (Wildman–Crippen LogP) is 4.44. The van der Waals surface area contributed by atoms with E-state index in [4.69, 9.17) is 9.73 Å². The molecule has 3 aromatic rings. The molecule has 2 heterocycles. The molecular weight excluding hydrogens is 350 g/mol. The summed E-state index contributed by atoms with van der Waals surface area (Å²) in [5.41, 5.74) is 4.64. The molecule has 5 rings (SSSR count). The van der Waals surface area contributed by atoms with E-state index in [2.05, 4.69) is 39.8 Å². The Hall–Kier alpha value is -3.08. The van der Waals surface area contributed by atoms with Gasteiger partial charge in [0, 0.05) is 30.1 Å². The van der Waals surface area contributed by atoms with Crippen molar-refractivity contribution in [2.45, 2.75) is 19.4 Å². The van der Waals surface area contributed by atoms with Crippen molar-refractivity contribution in [2.75, 3.05) is 25.1 Å². The van der Waals surface area contributed by atoms with Gasteiger partial charge >= 0.3 is 0 Å². The number of para-hydroxylation sites is 1. The average molecular weight is 373 g/mol. The summed E-state index contributed by atoms with van der Waals surface area (Å²) in [6, 6.07) is 14.3. The van der Waals surface area contributed by atoms with Crippen molar-refractivity contribution in [3.63, 3.8) is 0 Å². The first-order valence-corrected chi connectivity index (χ1v) is 9.82. The van der Waals surface area contributed by atoms with E-state index in [1.807, 2.05) is 19.3 Å². The summed E-state index contributed by atoms with van der Waals surface area (Å²) in [6.07, 6.45) is 5.39. The standard InChI is InChI=1S/C23H23N3O2/c1-25-8-9-28-22-11-17(15-27)10-20(23(22)25)24-13-19-12-18-4-2-3-5-21(18)26(19)14-16-6-7-16/h2-5,10-13,15-16H,6-9,14H2,1H3/b24-13+. The van der Waals surface area contributed by atoms with Crippen LogP contribution in [-0.2, 0) is 6.54 Å². The molecule has 1 aliphatic heterocycles. The molecule has 2 aromatic carbocycles. The van der Waals surface area contributed by atoms with E-state index in [9.17, 15) is 4.79 Å². The van der Waals surface area contributed by atoms with Crippen molar-refractivity contribution in [3.05, 3.63) is 53.7 Å². The van der Waals surface area contributed by atoms with Gasteiger partial charge in [0.1, 0.15) is 24.3 Å². The number of hydrogen-bond acceptors (Lipinski definition) is 4. The fourth-order valence-corrected chi connectivity index (χ4v) is 3.92. The number of likely N-dealkylation sites (N-methyl/N-ethyl adjacent to an activating group) is 1. The van der Waals surface area contributed by atoms with Gasteiger partial charge in [-0.05, 0) is 43.0 Å². The van der Waals surface area contributed by atoms with Crippen LogP contribution in [0.5, 0.6) is 5.75 Å². The molecule has 0 N–H and O–H groups in total. The maximum Gasteiger partial charge on any atom is 0.150 e. The molecular formula is C23H23N3O2. The van der Waals surface area contributed by atoms with E-state index in [0.29, 0.717) is 12.2 Å². The Balaban J connectivity index is 1.59. The summed E-state index contributed by atoms with van der Waals surface area (Å²) >= 11 is 0. The van der Waals surface area contributed by atoms with Crippen LogP contribution in [0.15, 0.2) is 47.5 Å². The molecule has 0 spiro atoms. The molecule has 1 aromatic heterocycles. The van der Waals surface area contributed by atoms with Gasteiger partial charge < -0.3 is 14.2 Å². The summed E-state index contributed by atoms with van der Waals surface area (Å²) in [4.78, 5) is 18.3. The molecule has 0 atom stereocenters. The van der Waals surface area contributed by atoms with Gasteiger partial charge in [-0.3, -0.25) is 9.79 Å². The van der Waals surface area contributed by atoms with Gasteiger partial charge in [0.2, 0.25) is 0 Å². The van der Waals surface area contributed by atoms with Crippen LogP contribution in [0.1, 0.15) is 28.9 Å². The highest BCUT2D eigenvalue weighted by atomic mass is 16.5. The topological polar surface area (TPSA) is 46.8 Å². The Morgan fingerprint density at radius 2 is 2.07 bits per heavy atom. The Labute approximate surface area is 164 Å². The Morgan fingerprint density at radius 3 is 2.89 bits per heavy atom. The lowest BCUT2D eigenvalue weighted by molar-refractivity contribution is 0.112. The summed E-state index contributed by atoms with van der Waals surface area (Å²) in [6.45, 7) is 2.45. The number of aromatic nitrogens is 1. The van der Waals surface area contributed by atoms with Crippen LogP contribution in [0.3, 0.4) is 0 Å². The van der Waals surface area contributed by atoms with Gasteiger partial charge in [-0.15, -0.1) is 0 Å². The van der Waals surface area contributed by atoms with Gasteiger partial charge in [-0.2, -0.15) is 0 Å². The second-order valence-electron chi connectivity index (χ2n) is 7.71. The van der Waals surface area contributed by atoms with E-state index >= 15 is 0 Å². The zero-order valence-corrected chi connectivity index (χ0v) is 16.0. The first kappa shape index (κ1) is 17.0. The Bertz CT molecular complexity index is 1080. The van der Waals surface area contributed by atoms with E-state index in [1.54, 1.807) is 6.07 Å². The number of nitrogens with zero attached hydrogens (tertiary/aromatic N) is 3. The molecule has 5 nitrogen and oxygen atoms in total. The number of ether oxygens (including phenoxy) is 1. The average Bonchev–Trinajstić information content (AvgIpc) is 3.47. The lowest BCUT2D eigenvalue weighted by atomic mass is 10.1. The molecule has 0 amide bonds. The van der Waals surface area contributed by atoms with Crippen LogP contribution >= 0.6 is 0 Å². The highest BCUT2D eigenvalue weighted by Crippen LogP contribution is 2.40. The lowest BCUT2D eigenvalue weighted by Gasteiger charge is -2.29. The molecule has 1 saturated carbocycles. The van der Waals surface area contributed by atoms with Gasteiger partial charge in [-0.1, -0.05) is 18.2 Å². The number of benzene rings is 2. The van der Waals surface area contributed by atoms with Crippen molar-refractivity contribution >= 4 is 34.8 Å². The number of carbonyl (C=O) groups is 1. The minimum absolute atomic E-state index is 0.583. The molecule has 0 unspecified atom stereocenters. The van der Waals surface area contributed by atoms with Crippen LogP contribution in [0.2, 0.25) is 0 Å². The third-order valence-electron chi connectivity index (χ3n) is 5.60. The molecule has 2 aliphatic rings. The number of rotatable bonds is 5. The molecule has 1 aliphatic carbocycles. The second-order valence-corrected chi connectivity index (χ2v) is 7.71. The summed E-state index contributed by atoms with van der Waals surface area (Å²) < 4.78 is 8.15. The third-order valence-corrected chi connectivity index (χ3v) is 5.60. The van der Waals surface area contributed by atoms with Crippen molar-refractivity contribution in [1.82, 2.24) is 4.57 Å². The quantitative estimate of drug-likeness (QED) is 0.491. The van der Waals surface area contributed by atoms with Gasteiger partial charge in [-0.25, -0.2) is 0 Å². The van der Waals surface area contributed by atoms with E-state index in [0.717, 1.165) is 48.1 Å². The van der Waals surface area contributed by atoms with Crippen molar-refractivity contribution in [2.24, 2.45) is 10.9 Å². The third kappa shape index (κ3) is 3.07. The zero-order chi connectivity index (χ0) is 19.1. The Kier molecular flexibility index (Phi) is 4.15. The smallest absolute Gasteiger partial charge is 0.150 e. The summed E-state index contributed by atoms with van der Waals surface area (Å²) in [5, 5.41) is 1.23. The molecule has 5 heteroatoms. The molecule has 0 saturated heterocycles. The van der Waals surface area contributed by atoms with Gasteiger partial charge in [0.15, 0.2) is 0 Å². The fraction of sp³-hybridized carbons (Fsp3) is 0.304. The monoisotopic (exact) mass is 373 g/mol. The number of fused-ring (bicyclic) bond motifs is 2. The maximum absolute atomic E-state index is 11.4. The number of aliphatic imine (C=N–C) groups is 1. The SMILES string of the molecule is CN1CCOc2cc(C=O)cc(/N=C/c3cc4ccccc4n3CC3CC3)c21. The molecule has 1 fully saturated rings. The molecule has 0 radical (unpaired) electrons. The number of hydrogen-bond donors (Lipinski definition) is 0. The van der Waals surface area contributed by atoms with Crippen molar-refractivity contribution < 1.29 is 9.53 Å². The first-order chi connectivity index (χ1) is 13.7. The van der Waals surface area contributed by atoms with E-state index in [-0.39, 0.29) is 0 Å². The molecule has 0 bridgehead atoms. The van der Waals surface area contributed by atoms with Crippen LogP contribution in [0.4, 0.5) is 11.4 Å². The maximum atomic E-state index is 11.4. The van der Waals surface area contributed by atoms with Crippen LogP contribution in [0, 0.1) is 5.92 Å². The van der Waals surface area contributed by atoms with Crippen LogP contribution in [0.25, 0.3) is 10.9 Å². The zero-order valence-electron chi connectivity index (χ0n) is 16.0. The minimum atomic E-state index is 0.583. The lowest BCUT2D eigenvalue weighted by Crippen LogP contribution is -2.29. The fourth-order valence-electron chi connectivity index (χ4n) is 3.92. The largest absolute Gasteiger partial charge is 0.489 e. The second kappa shape index (κ2) is 6.82. The molecule has 28 heavy (non-hydrogen) atoms. The Morgan fingerprint density at radius 1 is 1.21 bits per heavy atom. The van der Waals surface area contributed by atoms with Crippen molar-refractivity contribution in [1.29, 1.82) is 0 Å². The predicted molar refractivity (Wildman–Crippen MR) is 113 cm³/mol. The normalized spacial score (nSPS) is 16.4. The van der Waals surface area contributed by atoms with Gasteiger partial charge in [0.25, 0.3) is 0 Å². The number of carbonyl (C=O) groups excluding carboxylic acids is 1. The van der Waals surface area contributed by atoms with E-state index in [1.165, 1.54) is 23.7 Å². The minimum Gasteiger partial charge on any atom is -0.489 e. The highest BCUT2D eigenvalue weighted by Gasteiger charge is 2.24. The van der Waals surface area contributed by atoms with E-state index < -0.39 is 0 Å². The van der Waals surface area contributed by atoms with Crippen LogP contribution < -0.4 is 9.64 Å². The van der Waals surface area contributed by atoms with Gasteiger partial charge in [0.05, 0.1) is 24.1 Å². The highest BCUT2D eigenvalue weighted by molar-refractivity contribution is 5.93. The van der Waals surface area contributed by atoms with Crippen molar-refractivity contribution in [3.8, 4) is 5.75 Å². The summed E-state index contributed by atoms with van der Waals surface area (Å²) in [5.74, 6) is 1.50. The van der Waals surface area contributed by atoms with Crippen LogP contribution in [-0.4, -0.2) is 37.3 Å². The first-order valence-electron chi connectivity index (χ1n) is 9.82. The molecule has 142 valence electrons. The summed E-state index contributed by atoms with van der Waals surface area (Å²) in [7, 11) is 2.03. The number of anilines is 1.